The summed E-state index contributed by atoms with van der Waals surface area (Å²) >= 11 is 0. The number of aromatic nitrogens is 1. The van der Waals surface area contributed by atoms with Crippen molar-refractivity contribution in [3.8, 4) is 0 Å². The van der Waals surface area contributed by atoms with Gasteiger partial charge in [-0.2, -0.15) is 0 Å². The summed E-state index contributed by atoms with van der Waals surface area (Å²) < 4.78 is 26.7. The lowest BCUT2D eigenvalue weighted by atomic mass is 9.96. The molecular weight excluding hydrogens is 454 g/mol. The fourth-order valence-corrected chi connectivity index (χ4v) is 5.63. The number of hydrogen-bond acceptors (Lipinski definition) is 7. The van der Waals surface area contributed by atoms with E-state index in [9.17, 15) is 18.0 Å². The van der Waals surface area contributed by atoms with Crippen molar-refractivity contribution in [3.05, 3.63) is 49.2 Å². The Labute approximate surface area is 199 Å². The predicted molar refractivity (Wildman–Crippen MR) is 132 cm³/mol. The normalized spacial score (nSPS) is 22.0. The van der Waals surface area contributed by atoms with Crippen LogP contribution in [0.3, 0.4) is 0 Å². The molecule has 1 saturated heterocycles. The number of carbonyl (C=O) groups is 2. The zero-order valence-electron chi connectivity index (χ0n) is 19.2. The number of pyridine rings is 1. The van der Waals surface area contributed by atoms with Crippen LogP contribution in [0.25, 0.3) is 10.8 Å². The van der Waals surface area contributed by atoms with Crippen LogP contribution < -0.4 is 20.7 Å². The number of anilines is 1. The number of fused-ring (bicyclic) bond motifs is 1. The molecular formula is C24H31N5O4S. The summed E-state index contributed by atoms with van der Waals surface area (Å²) in [6, 6.07) is 8.32. The largest absolute Gasteiger partial charge is 0.365 e. The molecule has 2 aliphatic rings. The average Bonchev–Trinajstić information content (AvgIpc) is 3.59. The quantitative estimate of drug-likeness (QED) is 0.377. The maximum absolute atomic E-state index is 13.0. The molecule has 1 aromatic heterocycles. The molecule has 2 heterocycles. The fourth-order valence-electron chi connectivity index (χ4n) is 4.30. The SMILES string of the molecule is C=CC(CC)[C@@H](NC(=O)[C@@H]1CC(Nc2nccc3ccccc23)CN1)C(=O)NS(=O)(=O)C1CC1. The summed E-state index contributed by atoms with van der Waals surface area (Å²) in [6.45, 7) is 6.16. The molecule has 2 aromatic rings. The van der Waals surface area contributed by atoms with Crippen LogP contribution in [0.1, 0.15) is 32.6 Å². The molecule has 4 N–H and O–H groups in total. The Balaban J connectivity index is 1.40. The van der Waals surface area contributed by atoms with Crippen LogP contribution in [-0.2, 0) is 19.6 Å². The Hall–Kier alpha value is -2.98. The van der Waals surface area contributed by atoms with Gasteiger partial charge in [-0.25, -0.2) is 13.4 Å². The van der Waals surface area contributed by atoms with Crippen LogP contribution in [0.15, 0.2) is 49.2 Å². The number of nitrogens with one attached hydrogen (secondary N) is 4. The van der Waals surface area contributed by atoms with Crippen molar-refractivity contribution in [1.29, 1.82) is 0 Å². The van der Waals surface area contributed by atoms with Gasteiger partial charge in [0.25, 0.3) is 5.91 Å². The molecule has 2 unspecified atom stereocenters. The molecule has 34 heavy (non-hydrogen) atoms. The van der Waals surface area contributed by atoms with Gasteiger partial charge in [-0.15, -0.1) is 6.58 Å². The Morgan fingerprint density at radius 1 is 1.26 bits per heavy atom. The standard InChI is InChI=1S/C24H31N5O4S/c1-3-15(4-2)21(24(31)29-34(32,33)18-9-10-18)28-23(30)20-13-17(14-26-20)27-22-19-8-6-5-7-16(19)11-12-25-22/h3,5-8,11-12,15,17-18,20-21,26H,1,4,9-10,13-14H2,2H3,(H,25,27)(H,28,30)(H,29,31)/t15?,17?,20-,21+/m0/s1. The highest BCUT2D eigenvalue weighted by molar-refractivity contribution is 7.90. The van der Waals surface area contributed by atoms with Crippen LogP contribution in [0.4, 0.5) is 5.82 Å². The highest BCUT2D eigenvalue weighted by Crippen LogP contribution is 2.28. The zero-order valence-corrected chi connectivity index (χ0v) is 20.0. The van der Waals surface area contributed by atoms with Gasteiger partial charge in [-0.05, 0) is 37.1 Å². The van der Waals surface area contributed by atoms with Crippen LogP contribution >= 0.6 is 0 Å². The third-order valence-corrected chi connectivity index (χ3v) is 8.29. The number of sulfonamides is 1. The van der Waals surface area contributed by atoms with Crippen molar-refractivity contribution < 1.29 is 18.0 Å². The molecule has 1 aliphatic heterocycles. The lowest BCUT2D eigenvalue weighted by molar-refractivity contribution is -0.129. The summed E-state index contributed by atoms with van der Waals surface area (Å²) in [5, 5.41) is 10.9. The van der Waals surface area contributed by atoms with Crippen molar-refractivity contribution in [2.24, 2.45) is 5.92 Å². The van der Waals surface area contributed by atoms with E-state index in [4.69, 9.17) is 0 Å². The highest BCUT2D eigenvalue weighted by atomic mass is 32.2. The number of benzene rings is 1. The van der Waals surface area contributed by atoms with E-state index in [0.29, 0.717) is 32.2 Å². The van der Waals surface area contributed by atoms with Gasteiger partial charge >= 0.3 is 0 Å². The van der Waals surface area contributed by atoms with Gasteiger partial charge in [0.2, 0.25) is 15.9 Å². The second-order valence-electron chi connectivity index (χ2n) is 8.92. The Kier molecular flexibility index (Phi) is 7.18. The molecule has 0 spiro atoms. The van der Waals surface area contributed by atoms with Gasteiger partial charge in [0, 0.05) is 30.1 Å². The summed E-state index contributed by atoms with van der Waals surface area (Å²) in [7, 11) is -3.72. The first-order valence-corrected chi connectivity index (χ1v) is 13.2. The van der Waals surface area contributed by atoms with E-state index in [1.165, 1.54) is 0 Å². The smallest absolute Gasteiger partial charge is 0.256 e. The minimum atomic E-state index is -3.72. The summed E-state index contributed by atoms with van der Waals surface area (Å²) in [5.74, 6) is -0.709. The van der Waals surface area contributed by atoms with Gasteiger partial charge in [-0.1, -0.05) is 37.3 Å². The molecule has 1 aliphatic carbocycles. The van der Waals surface area contributed by atoms with Crippen molar-refractivity contribution in [2.45, 2.75) is 56.0 Å². The molecule has 2 amide bonds. The molecule has 1 aromatic carbocycles. The molecule has 10 heteroatoms. The monoisotopic (exact) mass is 485 g/mol. The van der Waals surface area contributed by atoms with E-state index in [2.05, 4.69) is 32.2 Å². The molecule has 1 saturated carbocycles. The molecule has 0 radical (unpaired) electrons. The molecule has 182 valence electrons. The highest BCUT2D eigenvalue weighted by Gasteiger charge is 2.40. The van der Waals surface area contributed by atoms with Crippen molar-refractivity contribution >= 4 is 38.4 Å². The number of rotatable bonds is 10. The first kappa shape index (κ1) is 24.2. The summed E-state index contributed by atoms with van der Waals surface area (Å²) in [6.07, 6.45) is 5.44. The van der Waals surface area contributed by atoms with Crippen LogP contribution in [0, 0.1) is 5.92 Å². The van der Waals surface area contributed by atoms with E-state index >= 15 is 0 Å². The second kappa shape index (κ2) is 10.1. The third kappa shape index (κ3) is 5.39. The Bertz CT molecular complexity index is 1180. The second-order valence-corrected chi connectivity index (χ2v) is 10.9. The number of nitrogens with zero attached hydrogens (tertiary/aromatic N) is 1. The lowest BCUT2D eigenvalue weighted by Gasteiger charge is -2.25. The predicted octanol–water partition coefficient (Wildman–Crippen LogP) is 1.68. The molecule has 9 nitrogen and oxygen atoms in total. The Morgan fingerprint density at radius 3 is 2.74 bits per heavy atom. The van der Waals surface area contributed by atoms with Crippen molar-refractivity contribution in [1.82, 2.24) is 20.3 Å². The summed E-state index contributed by atoms with van der Waals surface area (Å²) in [5.41, 5.74) is 0. The average molecular weight is 486 g/mol. The van der Waals surface area contributed by atoms with Gasteiger partial charge in [0.05, 0.1) is 11.3 Å². The maximum atomic E-state index is 13.0. The van der Waals surface area contributed by atoms with Crippen LogP contribution in [0.2, 0.25) is 0 Å². The lowest BCUT2D eigenvalue weighted by Crippen LogP contribution is -2.55. The molecule has 2 fully saturated rings. The van der Waals surface area contributed by atoms with Crippen molar-refractivity contribution in [2.75, 3.05) is 11.9 Å². The minimum absolute atomic E-state index is 0.0297. The fraction of sp³-hybridized carbons (Fsp3) is 0.458. The first-order valence-electron chi connectivity index (χ1n) is 11.6. The van der Waals surface area contributed by atoms with E-state index in [0.717, 1.165) is 16.6 Å². The van der Waals surface area contributed by atoms with Gasteiger partial charge < -0.3 is 16.0 Å². The van der Waals surface area contributed by atoms with E-state index in [-0.39, 0.29) is 11.9 Å². The van der Waals surface area contributed by atoms with Crippen molar-refractivity contribution in [3.63, 3.8) is 0 Å². The van der Waals surface area contributed by atoms with E-state index in [1.54, 1.807) is 12.3 Å². The zero-order chi connectivity index (χ0) is 24.3. The van der Waals surface area contributed by atoms with E-state index < -0.39 is 39.2 Å². The van der Waals surface area contributed by atoms with Crippen LogP contribution in [-0.4, -0.2) is 55.1 Å². The number of hydrogen-bond donors (Lipinski definition) is 4. The number of carbonyl (C=O) groups excluding carboxylic acids is 2. The molecule has 4 rings (SSSR count). The van der Waals surface area contributed by atoms with Gasteiger partial charge in [0.15, 0.2) is 0 Å². The van der Waals surface area contributed by atoms with Crippen LogP contribution in [0.5, 0.6) is 0 Å². The Morgan fingerprint density at radius 2 is 2.03 bits per heavy atom. The number of amides is 2. The van der Waals surface area contributed by atoms with E-state index in [1.807, 2.05) is 37.3 Å². The topological polar surface area (TPSA) is 129 Å². The van der Waals surface area contributed by atoms with Gasteiger partial charge in [0.1, 0.15) is 11.9 Å². The third-order valence-electron chi connectivity index (χ3n) is 6.45. The molecule has 4 atom stereocenters. The first-order chi connectivity index (χ1) is 16.3. The minimum Gasteiger partial charge on any atom is -0.365 e. The maximum Gasteiger partial charge on any atom is 0.256 e. The summed E-state index contributed by atoms with van der Waals surface area (Å²) in [4.78, 5) is 30.3. The van der Waals surface area contributed by atoms with Gasteiger partial charge in [-0.3, -0.25) is 14.3 Å². The molecule has 0 bridgehead atoms.